The summed E-state index contributed by atoms with van der Waals surface area (Å²) in [5.74, 6) is 1.14. The standard InChI is InChI=1S/C20H30N2O3/c1-16-9-11-18(12-10-16)25-15-5-8-19(23)21-13-14-22-20(24)17-6-3-2-4-7-17/h9-12,17H,2-8,13-15H2,1H3,(H,21,23)(H,22,24). The Morgan fingerprint density at radius 1 is 1.04 bits per heavy atom. The Balaban J connectivity index is 1.48. The number of hydrogen-bond acceptors (Lipinski definition) is 3. The van der Waals surface area contributed by atoms with Crippen molar-refractivity contribution in [2.24, 2.45) is 5.92 Å². The summed E-state index contributed by atoms with van der Waals surface area (Å²) in [7, 11) is 0. The van der Waals surface area contributed by atoms with Crippen LogP contribution in [0.5, 0.6) is 5.75 Å². The van der Waals surface area contributed by atoms with Crippen molar-refractivity contribution in [1.29, 1.82) is 0 Å². The predicted octanol–water partition coefficient (Wildman–Crippen LogP) is 2.97. The van der Waals surface area contributed by atoms with Gasteiger partial charge in [0.15, 0.2) is 0 Å². The van der Waals surface area contributed by atoms with Crippen LogP contribution in [0.1, 0.15) is 50.5 Å². The molecular weight excluding hydrogens is 316 g/mol. The van der Waals surface area contributed by atoms with Crippen molar-refractivity contribution in [1.82, 2.24) is 10.6 Å². The van der Waals surface area contributed by atoms with Crippen LogP contribution in [-0.2, 0) is 9.59 Å². The molecule has 0 spiro atoms. The number of ether oxygens (including phenoxy) is 1. The first-order valence-corrected chi connectivity index (χ1v) is 9.39. The van der Waals surface area contributed by atoms with Crippen LogP contribution < -0.4 is 15.4 Å². The molecule has 25 heavy (non-hydrogen) atoms. The van der Waals surface area contributed by atoms with Crippen molar-refractivity contribution in [3.63, 3.8) is 0 Å². The van der Waals surface area contributed by atoms with Gasteiger partial charge >= 0.3 is 0 Å². The van der Waals surface area contributed by atoms with Gasteiger partial charge in [0, 0.05) is 25.4 Å². The summed E-state index contributed by atoms with van der Waals surface area (Å²) in [6.07, 6.45) is 6.65. The van der Waals surface area contributed by atoms with E-state index in [4.69, 9.17) is 4.74 Å². The van der Waals surface area contributed by atoms with Crippen molar-refractivity contribution >= 4 is 11.8 Å². The number of aryl methyl sites for hydroxylation is 1. The van der Waals surface area contributed by atoms with E-state index in [2.05, 4.69) is 10.6 Å². The highest BCUT2D eigenvalue weighted by atomic mass is 16.5. The summed E-state index contributed by atoms with van der Waals surface area (Å²) in [5, 5.41) is 5.76. The molecule has 5 nitrogen and oxygen atoms in total. The summed E-state index contributed by atoms with van der Waals surface area (Å²) < 4.78 is 5.60. The minimum absolute atomic E-state index is 0.000536. The van der Waals surface area contributed by atoms with Gasteiger partial charge in [0.1, 0.15) is 5.75 Å². The molecule has 0 atom stereocenters. The van der Waals surface area contributed by atoms with Gasteiger partial charge < -0.3 is 15.4 Å². The highest BCUT2D eigenvalue weighted by Crippen LogP contribution is 2.23. The maximum absolute atomic E-state index is 12.0. The Kier molecular flexibility index (Phi) is 8.29. The van der Waals surface area contributed by atoms with Crippen LogP contribution in [0.3, 0.4) is 0 Å². The molecule has 5 heteroatoms. The molecule has 138 valence electrons. The molecule has 0 unspecified atom stereocenters. The number of rotatable bonds is 9. The van der Waals surface area contributed by atoms with Gasteiger partial charge in [0.2, 0.25) is 11.8 Å². The van der Waals surface area contributed by atoms with Crippen molar-refractivity contribution in [3.05, 3.63) is 29.8 Å². The van der Waals surface area contributed by atoms with Crippen LogP contribution in [-0.4, -0.2) is 31.5 Å². The fourth-order valence-electron chi connectivity index (χ4n) is 3.04. The summed E-state index contributed by atoms with van der Waals surface area (Å²) in [6, 6.07) is 7.88. The maximum atomic E-state index is 12.0. The molecule has 1 fully saturated rings. The first-order valence-electron chi connectivity index (χ1n) is 9.39. The SMILES string of the molecule is Cc1ccc(OCCCC(=O)NCCNC(=O)C2CCCCC2)cc1. The summed E-state index contributed by atoms with van der Waals surface area (Å²) in [6.45, 7) is 3.54. The Labute approximate surface area is 150 Å². The van der Waals surface area contributed by atoms with Crippen molar-refractivity contribution in [2.45, 2.75) is 51.9 Å². The molecule has 2 rings (SSSR count). The van der Waals surface area contributed by atoms with Gasteiger partial charge in [-0.25, -0.2) is 0 Å². The lowest BCUT2D eigenvalue weighted by Gasteiger charge is -2.20. The normalized spacial score (nSPS) is 14.8. The van der Waals surface area contributed by atoms with Crippen molar-refractivity contribution in [3.8, 4) is 5.75 Å². The minimum Gasteiger partial charge on any atom is -0.494 e. The third-order valence-corrected chi connectivity index (χ3v) is 4.56. The highest BCUT2D eigenvalue weighted by Gasteiger charge is 2.20. The van der Waals surface area contributed by atoms with Crippen LogP contribution >= 0.6 is 0 Å². The molecule has 0 bridgehead atoms. The van der Waals surface area contributed by atoms with Crippen LogP contribution in [0.4, 0.5) is 0 Å². The smallest absolute Gasteiger partial charge is 0.223 e. The van der Waals surface area contributed by atoms with E-state index in [0.717, 1.165) is 31.4 Å². The van der Waals surface area contributed by atoms with Crippen LogP contribution in [0.15, 0.2) is 24.3 Å². The number of carbonyl (C=O) groups excluding carboxylic acids is 2. The number of nitrogens with one attached hydrogen (secondary N) is 2. The second kappa shape index (κ2) is 10.7. The molecule has 0 saturated heterocycles. The molecule has 1 saturated carbocycles. The van der Waals surface area contributed by atoms with Gasteiger partial charge in [0.05, 0.1) is 6.61 Å². The summed E-state index contributed by atoms with van der Waals surface area (Å²) in [5.41, 5.74) is 1.20. The highest BCUT2D eigenvalue weighted by molar-refractivity contribution is 5.79. The van der Waals surface area contributed by atoms with Crippen molar-refractivity contribution in [2.75, 3.05) is 19.7 Å². The molecule has 1 aliphatic carbocycles. The van der Waals surface area contributed by atoms with E-state index in [0.29, 0.717) is 32.5 Å². The molecular formula is C20H30N2O3. The second-order valence-electron chi connectivity index (χ2n) is 6.74. The van der Waals surface area contributed by atoms with E-state index in [9.17, 15) is 9.59 Å². The van der Waals surface area contributed by atoms with Crippen molar-refractivity contribution < 1.29 is 14.3 Å². The van der Waals surface area contributed by atoms with Crippen LogP contribution in [0.2, 0.25) is 0 Å². The van der Waals surface area contributed by atoms with Gasteiger partial charge in [0.25, 0.3) is 0 Å². The first-order chi connectivity index (χ1) is 12.1. The van der Waals surface area contributed by atoms with Gasteiger partial charge in [-0.3, -0.25) is 9.59 Å². The minimum atomic E-state index is -0.000536. The zero-order valence-corrected chi connectivity index (χ0v) is 15.2. The largest absolute Gasteiger partial charge is 0.494 e. The fourth-order valence-corrected chi connectivity index (χ4v) is 3.04. The lowest BCUT2D eigenvalue weighted by molar-refractivity contribution is -0.126. The monoisotopic (exact) mass is 346 g/mol. The van der Waals surface area contributed by atoms with Gasteiger partial charge in [-0.2, -0.15) is 0 Å². The number of benzene rings is 1. The first kappa shape index (κ1) is 19.3. The molecule has 0 heterocycles. The molecule has 0 aromatic heterocycles. The average Bonchev–Trinajstić information content (AvgIpc) is 2.64. The quantitative estimate of drug-likeness (QED) is 0.676. The number of carbonyl (C=O) groups is 2. The van der Waals surface area contributed by atoms with Crippen LogP contribution in [0, 0.1) is 12.8 Å². The third kappa shape index (κ3) is 7.59. The molecule has 1 aromatic carbocycles. The average molecular weight is 346 g/mol. The van der Waals surface area contributed by atoms with Crippen LogP contribution in [0.25, 0.3) is 0 Å². The fraction of sp³-hybridized carbons (Fsp3) is 0.600. The van der Waals surface area contributed by atoms with Gasteiger partial charge in [-0.05, 0) is 38.3 Å². The Morgan fingerprint density at radius 2 is 1.72 bits per heavy atom. The summed E-state index contributed by atoms with van der Waals surface area (Å²) >= 11 is 0. The molecule has 0 aliphatic heterocycles. The zero-order chi connectivity index (χ0) is 17.9. The van der Waals surface area contributed by atoms with Gasteiger partial charge in [-0.15, -0.1) is 0 Å². The lowest BCUT2D eigenvalue weighted by atomic mass is 9.89. The van der Waals surface area contributed by atoms with E-state index >= 15 is 0 Å². The molecule has 1 aromatic rings. The third-order valence-electron chi connectivity index (χ3n) is 4.56. The molecule has 1 aliphatic rings. The Bertz CT molecular complexity index is 536. The Morgan fingerprint density at radius 3 is 2.44 bits per heavy atom. The van der Waals surface area contributed by atoms with E-state index in [1.807, 2.05) is 31.2 Å². The number of amides is 2. The molecule has 2 N–H and O–H groups in total. The Hall–Kier alpha value is -2.04. The number of hydrogen-bond donors (Lipinski definition) is 2. The summed E-state index contributed by atoms with van der Waals surface area (Å²) in [4.78, 5) is 23.7. The zero-order valence-electron chi connectivity index (χ0n) is 15.2. The van der Waals surface area contributed by atoms with E-state index in [1.54, 1.807) is 0 Å². The predicted molar refractivity (Wildman–Crippen MR) is 98.5 cm³/mol. The second-order valence-corrected chi connectivity index (χ2v) is 6.74. The molecule has 0 radical (unpaired) electrons. The van der Waals surface area contributed by atoms with Gasteiger partial charge in [-0.1, -0.05) is 37.0 Å². The topological polar surface area (TPSA) is 67.4 Å². The maximum Gasteiger partial charge on any atom is 0.223 e. The van der Waals surface area contributed by atoms with E-state index in [1.165, 1.54) is 12.0 Å². The van der Waals surface area contributed by atoms with E-state index in [-0.39, 0.29) is 17.7 Å². The lowest BCUT2D eigenvalue weighted by Crippen LogP contribution is -2.38. The molecule has 2 amide bonds. The van der Waals surface area contributed by atoms with E-state index < -0.39 is 0 Å².